The van der Waals surface area contributed by atoms with Crippen molar-refractivity contribution in [3.8, 4) is 0 Å². The van der Waals surface area contributed by atoms with E-state index in [0.29, 0.717) is 5.56 Å². The number of aromatic nitrogens is 1. The maximum atomic E-state index is 14.0. The Morgan fingerprint density at radius 1 is 1.30 bits per heavy atom. The number of hydrogen-bond donors (Lipinski definition) is 0. The Balaban J connectivity index is 2.38. The molecule has 0 atom stereocenters. The molecule has 0 bridgehead atoms. The van der Waals surface area contributed by atoms with Gasteiger partial charge in [-0.15, -0.1) is 0 Å². The van der Waals surface area contributed by atoms with Gasteiger partial charge in [0, 0.05) is 32.6 Å². The molecule has 0 saturated carbocycles. The van der Waals surface area contributed by atoms with Gasteiger partial charge in [-0.25, -0.2) is 12.8 Å². The van der Waals surface area contributed by atoms with Gasteiger partial charge in [-0.3, -0.25) is 4.98 Å². The van der Waals surface area contributed by atoms with Crippen molar-refractivity contribution in [2.75, 3.05) is 20.3 Å². The molecule has 0 aliphatic heterocycles. The van der Waals surface area contributed by atoms with E-state index in [0.717, 1.165) is 5.56 Å². The van der Waals surface area contributed by atoms with Crippen molar-refractivity contribution in [1.29, 1.82) is 0 Å². The van der Waals surface area contributed by atoms with E-state index in [1.807, 2.05) is 0 Å². The van der Waals surface area contributed by atoms with E-state index in [1.165, 1.54) is 29.6 Å². The normalized spacial score (nSPS) is 11.8. The molecule has 0 amide bonds. The standard InChI is InChI=1S/C16H19FN2O3S/c1-13-5-6-15(17)16(10-13)23(20,21)19(8-9-22-2)12-14-4-3-7-18-11-14/h3-7,10-11H,8-9,12H2,1-2H3. The third-order valence-corrected chi connectivity index (χ3v) is 5.19. The number of pyridine rings is 1. The molecule has 0 N–H and O–H groups in total. The zero-order chi connectivity index (χ0) is 16.9. The van der Waals surface area contributed by atoms with Crippen LogP contribution in [0.5, 0.6) is 0 Å². The van der Waals surface area contributed by atoms with Gasteiger partial charge < -0.3 is 4.74 Å². The Morgan fingerprint density at radius 2 is 2.09 bits per heavy atom. The molecule has 2 rings (SSSR count). The summed E-state index contributed by atoms with van der Waals surface area (Å²) >= 11 is 0. The Kier molecular flexibility index (Phi) is 5.81. The highest BCUT2D eigenvalue weighted by molar-refractivity contribution is 7.89. The molecule has 1 heterocycles. The van der Waals surface area contributed by atoms with E-state index in [9.17, 15) is 12.8 Å². The summed E-state index contributed by atoms with van der Waals surface area (Å²) < 4.78 is 45.9. The average molecular weight is 338 g/mol. The number of halogens is 1. The van der Waals surface area contributed by atoms with Crippen molar-refractivity contribution in [3.05, 3.63) is 59.7 Å². The van der Waals surface area contributed by atoms with Gasteiger partial charge in [0.05, 0.1) is 6.61 Å². The molecular weight excluding hydrogens is 319 g/mol. The molecule has 0 spiro atoms. The fourth-order valence-corrected chi connectivity index (χ4v) is 3.68. The second-order valence-electron chi connectivity index (χ2n) is 5.13. The molecule has 5 nitrogen and oxygen atoms in total. The lowest BCUT2D eigenvalue weighted by molar-refractivity contribution is 0.177. The quantitative estimate of drug-likeness (QED) is 0.778. The third kappa shape index (κ3) is 4.34. The van der Waals surface area contributed by atoms with E-state index in [2.05, 4.69) is 4.98 Å². The van der Waals surface area contributed by atoms with E-state index < -0.39 is 15.8 Å². The molecule has 0 aliphatic rings. The number of benzene rings is 1. The lowest BCUT2D eigenvalue weighted by atomic mass is 10.2. The number of rotatable bonds is 7. The van der Waals surface area contributed by atoms with Crippen LogP contribution in [0.25, 0.3) is 0 Å². The summed E-state index contributed by atoms with van der Waals surface area (Å²) in [5.74, 6) is -0.760. The van der Waals surface area contributed by atoms with Crippen LogP contribution in [0.1, 0.15) is 11.1 Å². The molecule has 1 aromatic carbocycles. The summed E-state index contributed by atoms with van der Waals surface area (Å²) in [4.78, 5) is 3.66. The second kappa shape index (κ2) is 7.63. The number of sulfonamides is 1. The molecule has 0 aliphatic carbocycles. The molecule has 1 aromatic heterocycles. The zero-order valence-electron chi connectivity index (χ0n) is 13.1. The van der Waals surface area contributed by atoms with Crippen LogP contribution in [0.4, 0.5) is 4.39 Å². The van der Waals surface area contributed by atoms with Gasteiger partial charge in [-0.05, 0) is 36.2 Å². The first-order chi connectivity index (χ1) is 10.9. The topological polar surface area (TPSA) is 59.5 Å². The fourth-order valence-electron chi connectivity index (χ4n) is 2.12. The fraction of sp³-hybridized carbons (Fsp3) is 0.312. The van der Waals surface area contributed by atoms with E-state index >= 15 is 0 Å². The van der Waals surface area contributed by atoms with Crippen molar-refractivity contribution in [2.24, 2.45) is 0 Å². The SMILES string of the molecule is COCCN(Cc1cccnc1)S(=O)(=O)c1cc(C)ccc1F. The molecule has 7 heteroatoms. The minimum atomic E-state index is -3.97. The smallest absolute Gasteiger partial charge is 0.246 e. The van der Waals surface area contributed by atoms with E-state index in [4.69, 9.17) is 4.74 Å². The largest absolute Gasteiger partial charge is 0.383 e. The van der Waals surface area contributed by atoms with Gasteiger partial charge in [0.1, 0.15) is 10.7 Å². The Morgan fingerprint density at radius 3 is 2.74 bits per heavy atom. The molecule has 0 fully saturated rings. The van der Waals surface area contributed by atoms with Crippen molar-refractivity contribution < 1.29 is 17.5 Å². The first-order valence-electron chi connectivity index (χ1n) is 7.09. The van der Waals surface area contributed by atoms with Crippen molar-refractivity contribution >= 4 is 10.0 Å². The highest BCUT2D eigenvalue weighted by Gasteiger charge is 2.27. The highest BCUT2D eigenvalue weighted by atomic mass is 32.2. The Labute approximate surface area is 135 Å². The number of hydrogen-bond acceptors (Lipinski definition) is 4. The van der Waals surface area contributed by atoms with Crippen LogP contribution >= 0.6 is 0 Å². The van der Waals surface area contributed by atoms with Crippen LogP contribution in [0.3, 0.4) is 0 Å². The molecule has 0 saturated heterocycles. The van der Waals surface area contributed by atoms with Gasteiger partial charge in [0.15, 0.2) is 0 Å². The molecule has 2 aromatic rings. The van der Waals surface area contributed by atoms with Crippen molar-refractivity contribution in [2.45, 2.75) is 18.4 Å². The summed E-state index contributed by atoms with van der Waals surface area (Å²) in [6.07, 6.45) is 3.19. The maximum absolute atomic E-state index is 14.0. The Hall–Kier alpha value is -1.83. The van der Waals surface area contributed by atoms with Crippen molar-refractivity contribution in [1.82, 2.24) is 9.29 Å². The minimum Gasteiger partial charge on any atom is -0.383 e. The van der Waals surface area contributed by atoms with E-state index in [1.54, 1.807) is 31.5 Å². The maximum Gasteiger partial charge on any atom is 0.246 e. The number of ether oxygens (including phenoxy) is 1. The second-order valence-corrected chi connectivity index (χ2v) is 7.03. The first kappa shape index (κ1) is 17.5. The van der Waals surface area contributed by atoms with Gasteiger partial charge in [0.2, 0.25) is 10.0 Å². The molecule has 124 valence electrons. The summed E-state index contributed by atoms with van der Waals surface area (Å²) in [6, 6.07) is 7.54. The molecular formula is C16H19FN2O3S. The van der Waals surface area contributed by atoms with Crippen LogP contribution in [-0.2, 0) is 21.3 Å². The van der Waals surface area contributed by atoms with Crippen LogP contribution in [-0.4, -0.2) is 38.0 Å². The van der Waals surface area contributed by atoms with Crippen LogP contribution in [0.2, 0.25) is 0 Å². The lowest BCUT2D eigenvalue weighted by Gasteiger charge is -2.22. The van der Waals surface area contributed by atoms with E-state index in [-0.39, 0.29) is 24.6 Å². The number of aryl methyl sites for hydroxylation is 1. The highest BCUT2D eigenvalue weighted by Crippen LogP contribution is 2.22. The number of methoxy groups -OCH3 is 1. The Bertz CT molecular complexity index is 751. The molecule has 0 radical (unpaired) electrons. The zero-order valence-corrected chi connectivity index (χ0v) is 13.9. The predicted molar refractivity (Wildman–Crippen MR) is 84.8 cm³/mol. The summed E-state index contributed by atoms with van der Waals surface area (Å²) in [5.41, 5.74) is 1.40. The first-order valence-corrected chi connectivity index (χ1v) is 8.53. The monoisotopic (exact) mass is 338 g/mol. The number of nitrogens with zero attached hydrogens (tertiary/aromatic N) is 2. The van der Waals surface area contributed by atoms with Crippen LogP contribution in [0, 0.1) is 12.7 Å². The van der Waals surface area contributed by atoms with Gasteiger partial charge >= 0.3 is 0 Å². The minimum absolute atomic E-state index is 0.104. The molecule has 0 unspecified atom stereocenters. The van der Waals surface area contributed by atoms with Crippen molar-refractivity contribution in [3.63, 3.8) is 0 Å². The lowest BCUT2D eigenvalue weighted by Crippen LogP contribution is -2.34. The van der Waals surface area contributed by atoms with Gasteiger partial charge in [0.25, 0.3) is 0 Å². The van der Waals surface area contributed by atoms with Crippen LogP contribution in [0.15, 0.2) is 47.6 Å². The van der Waals surface area contributed by atoms with Gasteiger partial charge in [-0.1, -0.05) is 12.1 Å². The predicted octanol–water partition coefficient (Wildman–Crippen LogP) is 2.37. The third-order valence-electron chi connectivity index (χ3n) is 3.33. The molecule has 23 heavy (non-hydrogen) atoms. The average Bonchev–Trinajstić information content (AvgIpc) is 2.54. The summed E-state index contributed by atoms with van der Waals surface area (Å²) in [6.45, 7) is 2.17. The van der Waals surface area contributed by atoms with Gasteiger partial charge in [-0.2, -0.15) is 4.31 Å². The summed E-state index contributed by atoms with van der Waals surface area (Å²) in [5, 5.41) is 0. The van der Waals surface area contributed by atoms with Crippen LogP contribution < -0.4 is 0 Å². The summed E-state index contributed by atoms with van der Waals surface area (Å²) in [7, 11) is -2.49.